The van der Waals surface area contributed by atoms with E-state index in [-0.39, 0.29) is 23.3 Å². The number of rotatable bonds is 7. The molecule has 1 aromatic heterocycles. The molecular weight excluding hydrogens is 373 g/mol. The number of anilines is 3. The molecule has 0 radical (unpaired) electrons. The van der Waals surface area contributed by atoms with Gasteiger partial charge in [-0.1, -0.05) is 12.1 Å². The van der Waals surface area contributed by atoms with Crippen molar-refractivity contribution in [3.8, 4) is 0 Å². The van der Waals surface area contributed by atoms with Crippen molar-refractivity contribution in [3.05, 3.63) is 77.9 Å². The fourth-order valence-corrected chi connectivity index (χ4v) is 2.58. The van der Waals surface area contributed by atoms with Gasteiger partial charge in [-0.25, -0.2) is 14.4 Å². The van der Waals surface area contributed by atoms with Crippen molar-refractivity contribution in [1.82, 2.24) is 9.97 Å². The van der Waals surface area contributed by atoms with E-state index in [9.17, 15) is 14.0 Å². The normalized spacial score (nSPS) is 10.3. The first-order valence-electron chi connectivity index (χ1n) is 9.00. The first-order chi connectivity index (χ1) is 14.0. The summed E-state index contributed by atoms with van der Waals surface area (Å²) in [5.74, 6) is -0.474. The van der Waals surface area contributed by atoms with E-state index in [0.29, 0.717) is 30.3 Å². The van der Waals surface area contributed by atoms with Crippen molar-refractivity contribution < 1.29 is 14.0 Å². The Morgan fingerprint density at radius 1 is 0.931 bits per heavy atom. The first kappa shape index (κ1) is 19.9. The second-order valence-corrected chi connectivity index (χ2v) is 6.28. The van der Waals surface area contributed by atoms with Crippen LogP contribution < -0.4 is 16.0 Å². The van der Waals surface area contributed by atoms with Crippen LogP contribution in [0.25, 0.3) is 0 Å². The van der Waals surface area contributed by atoms with Crippen molar-refractivity contribution in [2.45, 2.75) is 13.3 Å². The third kappa shape index (κ3) is 6.10. The van der Waals surface area contributed by atoms with E-state index < -0.39 is 0 Å². The molecule has 0 saturated carbocycles. The predicted octanol–water partition coefficient (Wildman–Crippen LogP) is 3.48. The summed E-state index contributed by atoms with van der Waals surface area (Å²) in [6.45, 7) is 1.97. The number of benzene rings is 2. The predicted molar refractivity (Wildman–Crippen MR) is 109 cm³/mol. The Bertz CT molecular complexity index is 991. The van der Waals surface area contributed by atoms with E-state index in [1.165, 1.54) is 31.3 Å². The number of aromatic nitrogens is 2. The highest BCUT2D eigenvalue weighted by molar-refractivity contribution is 6.03. The van der Waals surface area contributed by atoms with Gasteiger partial charge in [-0.2, -0.15) is 0 Å². The molecule has 29 heavy (non-hydrogen) atoms. The van der Waals surface area contributed by atoms with Gasteiger partial charge in [0.2, 0.25) is 11.9 Å². The van der Waals surface area contributed by atoms with Gasteiger partial charge in [0.15, 0.2) is 0 Å². The molecule has 0 aliphatic carbocycles. The molecule has 2 amide bonds. The lowest BCUT2D eigenvalue weighted by Crippen LogP contribution is -2.16. The average molecular weight is 393 g/mol. The lowest BCUT2D eigenvalue weighted by atomic mass is 10.1. The fraction of sp³-hybridized carbons (Fsp3) is 0.143. The van der Waals surface area contributed by atoms with Crippen molar-refractivity contribution in [3.63, 3.8) is 0 Å². The molecular formula is C21H20FN5O2. The van der Waals surface area contributed by atoms with Gasteiger partial charge < -0.3 is 16.0 Å². The molecule has 1 heterocycles. The van der Waals surface area contributed by atoms with E-state index in [1.54, 1.807) is 36.4 Å². The van der Waals surface area contributed by atoms with Crippen LogP contribution in [0.2, 0.25) is 0 Å². The van der Waals surface area contributed by atoms with Gasteiger partial charge in [0.25, 0.3) is 5.91 Å². The SMILES string of the molecule is CC(=O)Nc1ccc(NC(=O)c2ccnc(NCCc3ccc(F)cc3)n2)cc1. The van der Waals surface area contributed by atoms with Crippen LogP contribution in [0.3, 0.4) is 0 Å². The molecule has 0 aliphatic heterocycles. The van der Waals surface area contributed by atoms with Crippen LogP contribution in [0, 0.1) is 5.82 Å². The number of carbonyl (C=O) groups is 2. The van der Waals surface area contributed by atoms with Gasteiger partial charge in [-0.3, -0.25) is 9.59 Å². The molecule has 3 rings (SSSR count). The molecule has 0 atom stereocenters. The van der Waals surface area contributed by atoms with Crippen LogP contribution in [0.4, 0.5) is 21.7 Å². The second-order valence-electron chi connectivity index (χ2n) is 6.28. The zero-order chi connectivity index (χ0) is 20.6. The Labute approximate surface area is 167 Å². The molecule has 2 aromatic carbocycles. The monoisotopic (exact) mass is 393 g/mol. The summed E-state index contributed by atoms with van der Waals surface area (Å²) < 4.78 is 12.9. The Morgan fingerprint density at radius 3 is 2.24 bits per heavy atom. The van der Waals surface area contributed by atoms with Crippen LogP contribution in [0.1, 0.15) is 23.0 Å². The van der Waals surface area contributed by atoms with Gasteiger partial charge >= 0.3 is 0 Å². The number of amides is 2. The van der Waals surface area contributed by atoms with Crippen LogP contribution in [-0.4, -0.2) is 28.3 Å². The Kier molecular flexibility index (Phi) is 6.47. The molecule has 8 heteroatoms. The standard InChI is InChI=1S/C21H20FN5O2/c1-14(28)25-17-6-8-18(9-7-17)26-20(29)19-11-13-24-21(27-19)23-12-10-15-2-4-16(22)5-3-15/h2-9,11,13H,10,12H2,1H3,(H,25,28)(H,26,29)(H,23,24,27). The molecule has 0 spiro atoms. The number of hydrogen-bond donors (Lipinski definition) is 3. The minimum Gasteiger partial charge on any atom is -0.354 e. The minimum absolute atomic E-state index is 0.165. The molecule has 3 N–H and O–H groups in total. The largest absolute Gasteiger partial charge is 0.354 e. The van der Waals surface area contributed by atoms with Crippen molar-refractivity contribution >= 4 is 29.1 Å². The summed E-state index contributed by atoms with van der Waals surface area (Å²) in [7, 11) is 0. The number of hydrogen-bond acceptors (Lipinski definition) is 5. The summed E-state index contributed by atoms with van der Waals surface area (Å²) >= 11 is 0. The van der Waals surface area contributed by atoms with Gasteiger partial charge in [-0.05, 0) is 54.4 Å². The van der Waals surface area contributed by atoms with E-state index >= 15 is 0 Å². The van der Waals surface area contributed by atoms with Crippen molar-refractivity contribution in [2.24, 2.45) is 0 Å². The zero-order valence-electron chi connectivity index (χ0n) is 15.8. The van der Waals surface area contributed by atoms with Crippen LogP contribution in [0.5, 0.6) is 0 Å². The summed E-state index contributed by atoms with van der Waals surface area (Å²) in [5.41, 5.74) is 2.42. The summed E-state index contributed by atoms with van der Waals surface area (Å²) in [6, 6.07) is 14.6. The average Bonchev–Trinajstić information content (AvgIpc) is 2.71. The molecule has 0 fully saturated rings. The molecule has 0 unspecified atom stereocenters. The number of halogens is 1. The first-order valence-corrected chi connectivity index (χ1v) is 9.00. The van der Waals surface area contributed by atoms with E-state index in [0.717, 1.165) is 5.56 Å². The third-order valence-corrected chi connectivity index (χ3v) is 3.96. The van der Waals surface area contributed by atoms with Crippen LogP contribution >= 0.6 is 0 Å². The second kappa shape index (κ2) is 9.41. The summed E-state index contributed by atoms with van der Waals surface area (Å²) in [5, 5.41) is 8.46. The van der Waals surface area contributed by atoms with E-state index in [1.807, 2.05) is 0 Å². The Balaban J connectivity index is 1.55. The lowest BCUT2D eigenvalue weighted by Gasteiger charge is -2.08. The van der Waals surface area contributed by atoms with Gasteiger partial charge in [-0.15, -0.1) is 0 Å². The maximum Gasteiger partial charge on any atom is 0.274 e. The molecule has 0 bridgehead atoms. The minimum atomic E-state index is -0.374. The maximum atomic E-state index is 12.9. The maximum absolute atomic E-state index is 12.9. The smallest absolute Gasteiger partial charge is 0.274 e. The molecule has 0 saturated heterocycles. The van der Waals surface area contributed by atoms with E-state index in [4.69, 9.17) is 0 Å². The summed E-state index contributed by atoms with van der Waals surface area (Å²) in [4.78, 5) is 31.8. The van der Waals surface area contributed by atoms with Crippen LogP contribution in [0.15, 0.2) is 60.8 Å². The number of nitrogens with zero attached hydrogens (tertiary/aromatic N) is 2. The van der Waals surface area contributed by atoms with Crippen LogP contribution in [-0.2, 0) is 11.2 Å². The molecule has 148 valence electrons. The van der Waals surface area contributed by atoms with Gasteiger partial charge in [0.1, 0.15) is 11.5 Å². The lowest BCUT2D eigenvalue weighted by molar-refractivity contribution is -0.114. The highest BCUT2D eigenvalue weighted by atomic mass is 19.1. The quantitative estimate of drug-likeness (QED) is 0.571. The molecule has 7 nitrogen and oxygen atoms in total. The topological polar surface area (TPSA) is 96.0 Å². The van der Waals surface area contributed by atoms with E-state index in [2.05, 4.69) is 25.9 Å². The number of carbonyl (C=O) groups excluding carboxylic acids is 2. The Morgan fingerprint density at radius 2 is 1.59 bits per heavy atom. The molecule has 0 aliphatic rings. The zero-order valence-corrected chi connectivity index (χ0v) is 15.8. The highest BCUT2D eigenvalue weighted by Crippen LogP contribution is 2.14. The van der Waals surface area contributed by atoms with Gasteiger partial charge in [0, 0.05) is 31.0 Å². The third-order valence-electron chi connectivity index (χ3n) is 3.96. The number of nitrogens with one attached hydrogen (secondary N) is 3. The van der Waals surface area contributed by atoms with Crippen molar-refractivity contribution in [1.29, 1.82) is 0 Å². The van der Waals surface area contributed by atoms with Gasteiger partial charge in [0.05, 0.1) is 0 Å². The molecule has 3 aromatic rings. The summed E-state index contributed by atoms with van der Waals surface area (Å²) in [6.07, 6.45) is 2.17. The fourth-order valence-electron chi connectivity index (χ4n) is 2.58. The highest BCUT2D eigenvalue weighted by Gasteiger charge is 2.09. The van der Waals surface area contributed by atoms with Crippen molar-refractivity contribution in [2.75, 3.05) is 22.5 Å². The Hall–Kier alpha value is -3.81.